The maximum atomic E-state index is 5.71. The molecule has 2 rings (SSSR count). The van der Waals surface area contributed by atoms with E-state index in [4.69, 9.17) is 4.74 Å². The van der Waals surface area contributed by atoms with Crippen molar-refractivity contribution in [3.8, 4) is 5.75 Å². The van der Waals surface area contributed by atoms with Gasteiger partial charge in [-0.05, 0) is 36.5 Å². The monoisotopic (exact) mass is 268 g/mol. The minimum absolute atomic E-state index is 0.489. The van der Waals surface area contributed by atoms with E-state index < -0.39 is 0 Å². The van der Waals surface area contributed by atoms with Gasteiger partial charge in [-0.1, -0.05) is 41.9 Å². The second-order valence-electron chi connectivity index (χ2n) is 4.35. The standard InChI is InChI=1S/C13H17BrO/c1-9(10(2)14)11-3-5-12(6-4-11)15-13-7-8-13/h3-6,9-10,13H,7-8H2,1-2H3. The first-order valence-electron chi connectivity index (χ1n) is 5.57. The highest BCUT2D eigenvalue weighted by atomic mass is 79.9. The number of benzene rings is 1. The average molecular weight is 269 g/mol. The fraction of sp³-hybridized carbons (Fsp3) is 0.538. The Labute approximate surface area is 100.0 Å². The van der Waals surface area contributed by atoms with Crippen LogP contribution in [0.4, 0.5) is 0 Å². The smallest absolute Gasteiger partial charge is 0.119 e. The third-order valence-corrected chi connectivity index (χ3v) is 3.71. The third kappa shape index (κ3) is 2.97. The molecule has 0 radical (unpaired) electrons. The molecule has 1 saturated carbocycles. The Kier molecular flexibility index (Phi) is 3.35. The first-order valence-corrected chi connectivity index (χ1v) is 6.49. The Balaban J connectivity index is 2.02. The maximum Gasteiger partial charge on any atom is 0.119 e. The molecule has 0 spiro atoms. The molecule has 2 heteroatoms. The molecule has 0 heterocycles. The molecular formula is C13H17BrO. The first kappa shape index (κ1) is 11.0. The minimum atomic E-state index is 0.489. The fourth-order valence-corrected chi connectivity index (χ4v) is 1.80. The second-order valence-corrected chi connectivity index (χ2v) is 5.80. The van der Waals surface area contributed by atoms with Crippen molar-refractivity contribution >= 4 is 15.9 Å². The van der Waals surface area contributed by atoms with Gasteiger partial charge in [0, 0.05) is 4.83 Å². The van der Waals surface area contributed by atoms with Crippen molar-refractivity contribution in [2.24, 2.45) is 0 Å². The van der Waals surface area contributed by atoms with E-state index in [0.717, 1.165) is 5.75 Å². The van der Waals surface area contributed by atoms with E-state index in [1.54, 1.807) is 0 Å². The van der Waals surface area contributed by atoms with Crippen LogP contribution in [-0.4, -0.2) is 10.9 Å². The van der Waals surface area contributed by atoms with Gasteiger partial charge in [0.15, 0.2) is 0 Å². The zero-order chi connectivity index (χ0) is 10.8. The van der Waals surface area contributed by atoms with E-state index in [-0.39, 0.29) is 0 Å². The van der Waals surface area contributed by atoms with Crippen molar-refractivity contribution in [3.63, 3.8) is 0 Å². The summed E-state index contributed by atoms with van der Waals surface area (Å²) in [5.74, 6) is 1.55. The molecule has 0 bridgehead atoms. The molecule has 0 aromatic heterocycles. The summed E-state index contributed by atoms with van der Waals surface area (Å²) in [6.07, 6.45) is 2.93. The van der Waals surface area contributed by atoms with E-state index in [0.29, 0.717) is 16.8 Å². The summed E-state index contributed by atoms with van der Waals surface area (Å²) in [7, 11) is 0. The van der Waals surface area contributed by atoms with Crippen molar-refractivity contribution in [1.82, 2.24) is 0 Å². The van der Waals surface area contributed by atoms with Crippen molar-refractivity contribution in [3.05, 3.63) is 29.8 Å². The molecule has 2 unspecified atom stereocenters. The van der Waals surface area contributed by atoms with Gasteiger partial charge in [0.1, 0.15) is 5.75 Å². The van der Waals surface area contributed by atoms with Gasteiger partial charge >= 0.3 is 0 Å². The number of hydrogen-bond acceptors (Lipinski definition) is 1. The molecule has 82 valence electrons. The lowest BCUT2D eigenvalue weighted by molar-refractivity contribution is 0.303. The Morgan fingerprint density at radius 3 is 2.27 bits per heavy atom. The Morgan fingerprint density at radius 1 is 1.20 bits per heavy atom. The van der Waals surface area contributed by atoms with Crippen LogP contribution in [0.1, 0.15) is 38.2 Å². The molecule has 1 nitrogen and oxygen atoms in total. The first-order chi connectivity index (χ1) is 7.16. The fourth-order valence-electron chi connectivity index (χ4n) is 1.49. The van der Waals surface area contributed by atoms with Crippen LogP contribution < -0.4 is 4.74 Å². The van der Waals surface area contributed by atoms with E-state index >= 15 is 0 Å². The second kappa shape index (κ2) is 4.56. The molecule has 1 aromatic carbocycles. The van der Waals surface area contributed by atoms with E-state index in [9.17, 15) is 0 Å². The zero-order valence-corrected chi connectivity index (χ0v) is 10.8. The number of ether oxygens (including phenoxy) is 1. The number of hydrogen-bond donors (Lipinski definition) is 0. The summed E-state index contributed by atoms with van der Waals surface area (Å²) < 4.78 is 5.71. The summed E-state index contributed by atoms with van der Waals surface area (Å²) >= 11 is 3.61. The van der Waals surface area contributed by atoms with Gasteiger partial charge in [-0.3, -0.25) is 0 Å². The third-order valence-electron chi connectivity index (χ3n) is 2.92. The van der Waals surface area contributed by atoms with Crippen LogP contribution in [0.5, 0.6) is 5.75 Å². The zero-order valence-electron chi connectivity index (χ0n) is 9.24. The van der Waals surface area contributed by atoms with E-state index in [1.807, 2.05) is 0 Å². The number of alkyl halides is 1. The normalized spacial score (nSPS) is 19.7. The maximum absolute atomic E-state index is 5.71. The molecule has 2 atom stereocenters. The van der Waals surface area contributed by atoms with Gasteiger partial charge in [-0.15, -0.1) is 0 Å². The molecule has 1 aromatic rings. The van der Waals surface area contributed by atoms with Crippen LogP contribution in [0.15, 0.2) is 24.3 Å². The van der Waals surface area contributed by atoms with E-state index in [2.05, 4.69) is 54.0 Å². The lowest BCUT2D eigenvalue weighted by Gasteiger charge is -2.15. The van der Waals surface area contributed by atoms with Crippen LogP contribution >= 0.6 is 15.9 Å². The highest BCUT2D eigenvalue weighted by molar-refractivity contribution is 9.09. The minimum Gasteiger partial charge on any atom is -0.490 e. The number of halogens is 1. The van der Waals surface area contributed by atoms with Crippen molar-refractivity contribution < 1.29 is 4.74 Å². The van der Waals surface area contributed by atoms with Crippen LogP contribution in [0, 0.1) is 0 Å². The molecule has 1 aliphatic carbocycles. The molecule has 1 fully saturated rings. The summed E-state index contributed by atoms with van der Waals surface area (Å²) in [5, 5.41) is 0. The summed E-state index contributed by atoms with van der Waals surface area (Å²) in [4.78, 5) is 0.507. The molecule has 15 heavy (non-hydrogen) atoms. The van der Waals surface area contributed by atoms with Gasteiger partial charge < -0.3 is 4.74 Å². The molecule has 0 aliphatic heterocycles. The van der Waals surface area contributed by atoms with Gasteiger partial charge in [0.05, 0.1) is 6.10 Å². The summed E-state index contributed by atoms with van der Waals surface area (Å²) in [6.45, 7) is 4.41. The van der Waals surface area contributed by atoms with Crippen molar-refractivity contribution in [1.29, 1.82) is 0 Å². The molecule has 0 saturated heterocycles. The van der Waals surface area contributed by atoms with Crippen LogP contribution in [-0.2, 0) is 0 Å². The topological polar surface area (TPSA) is 9.23 Å². The Morgan fingerprint density at radius 2 is 1.80 bits per heavy atom. The molecule has 1 aliphatic rings. The average Bonchev–Trinajstić information content (AvgIpc) is 3.02. The van der Waals surface area contributed by atoms with Gasteiger partial charge in [-0.2, -0.15) is 0 Å². The lowest BCUT2D eigenvalue weighted by atomic mass is 9.99. The summed E-state index contributed by atoms with van der Waals surface area (Å²) in [6, 6.07) is 8.50. The van der Waals surface area contributed by atoms with Crippen LogP contribution in [0.3, 0.4) is 0 Å². The highest BCUT2D eigenvalue weighted by Gasteiger charge is 2.23. The predicted molar refractivity (Wildman–Crippen MR) is 66.9 cm³/mol. The highest BCUT2D eigenvalue weighted by Crippen LogP contribution is 2.29. The lowest BCUT2D eigenvalue weighted by Crippen LogP contribution is -2.04. The van der Waals surface area contributed by atoms with Gasteiger partial charge in [-0.25, -0.2) is 0 Å². The predicted octanol–water partition coefficient (Wildman–Crippen LogP) is 4.11. The largest absolute Gasteiger partial charge is 0.490 e. The quantitative estimate of drug-likeness (QED) is 0.747. The van der Waals surface area contributed by atoms with Gasteiger partial charge in [0.25, 0.3) is 0 Å². The van der Waals surface area contributed by atoms with Crippen LogP contribution in [0.2, 0.25) is 0 Å². The Hall–Kier alpha value is -0.500. The van der Waals surface area contributed by atoms with Gasteiger partial charge in [0.2, 0.25) is 0 Å². The Bertz CT molecular complexity index is 314. The molecule has 0 N–H and O–H groups in total. The van der Waals surface area contributed by atoms with Crippen LogP contribution in [0.25, 0.3) is 0 Å². The number of rotatable bonds is 4. The molecule has 0 amide bonds. The van der Waals surface area contributed by atoms with Crippen molar-refractivity contribution in [2.75, 3.05) is 0 Å². The summed E-state index contributed by atoms with van der Waals surface area (Å²) in [5.41, 5.74) is 1.36. The SMILES string of the molecule is CC(Br)C(C)c1ccc(OC2CC2)cc1. The molecular weight excluding hydrogens is 252 g/mol. The van der Waals surface area contributed by atoms with E-state index in [1.165, 1.54) is 18.4 Å². The van der Waals surface area contributed by atoms with Crippen molar-refractivity contribution in [2.45, 2.75) is 43.5 Å².